The molecule has 7 nitrogen and oxygen atoms in total. The van der Waals surface area contributed by atoms with E-state index in [0.29, 0.717) is 0 Å². The van der Waals surface area contributed by atoms with Crippen molar-refractivity contribution in [1.82, 2.24) is 0 Å². The third-order valence-electron chi connectivity index (χ3n) is 1.73. The van der Waals surface area contributed by atoms with Gasteiger partial charge in [-0.1, -0.05) is 12.1 Å². The zero-order chi connectivity index (χ0) is 12.8. The maximum Gasteiger partial charge on any atom is 0.296 e. The minimum absolute atomic E-state index is 0.249. The van der Waals surface area contributed by atoms with Crippen LogP contribution in [0, 0.1) is 10.1 Å². The highest BCUT2D eigenvalue weighted by atomic mass is 16.6. The van der Waals surface area contributed by atoms with Crippen LogP contribution < -0.4 is 10.1 Å². The SMILES string of the molecule is CC(O)Oc1ccccc1NC(=O)C[N+](=O)[O-]. The molecule has 1 atom stereocenters. The predicted octanol–water partition coefficient (Wildman–Crippen LogP) is 0.619. The van der Waals surface area contributed by atoms with Crippen molar-refractivity contribution in [3.63, 3.8) is 0 Å². The molecular formula is C10H12N2O5. The van der Waals surface area contributed by atoms with Gasteiger partial charge in [-0.25, -0.2) is 0 Å². The third-order valence-corrected chi connectivity index (χ3v) is 1.73. The number of aliphatic hydroxyl groups excluding tert-OH is 1. The molecule has 0 aliphatic rings. The monoisotopic (exact) mass is 240 g/mol. The van der Waals surface area contributed by atoms with Crippen LogP contribution in [0.1, 0.15) is 6.92 Å². The molecular weight excluding hydrogens is 228 g/mol. The number of benzene rings is 1. The summed E-state index contributed by atoms with van der Waals surface area (Å²) < 4.78 is 5.02. The van der Waals surface area contributed by atoms with E-state index in [1.165, 1.54) is 19.1 Å². The van der Waals surface area contributed by atoms with Gasteiger partial charge in [0, 0.05) is 4.92 Å². The van der Waals surface area contributed by atoms with E-state index in [4.69, 9.17) is 9.84 Å². The zero-order valence-electron chi connectivity index (χ0n) is 9.12. The standard InChI is InChI=1S/C10H12N2O5/c1-7(13)17-9-5-3-2-4-8(9)11-10(14)6-12(15)16/h2-5,7,13H,6H2,1H3,(H,11,14). The molecule has 0 aliphatic carbocycles. The number of ether oxygens (including phenoxy) is 1. The number of nitrogens with zero attached hydrogens (tertiary/aromatic N) is 1. The van der Waals surface area contributed by atoms with Gasteiger partial charge in [0.1, 0.15) is 5.75 Å². The van der Waals surface area contributed by atoms with Crippen LogP contribution in [-0.2, 0) is 4.79 Å². The predicted molar refractivity (Wildman–Crippen MR) is 59.2 cm³/mol. The number of rotatable bonds is 5. The van der Waals surface area contributed by atoms with E-state index in [-0.39, 0.29) is 11.4 Å². The molecule has 1 aromatic carbocycles. The molecule has 92 valence electrons. The summed E-state index contributed by atoms with van der Waals surface area (Å²) in [5.41, 5.74) is 0.278. The molecule has 17 heavy (non-hydrogen) atoms. The number of carbonyl (C=O) groups is 1. The Morgan fingerprint density at radius 3 is 2.82 bits per heavy atom. The zero-order valence-corrected chi connectivity index (χ0v) is 9.12. The first kappa shape index (κ1) is 12.9. The number of carbonyl (C=O) groups excluding carboxylic acids is 1. The minimum atomic E-state index is -1.04. The van der Waals surface area contributed by atoms with Crippen LogP contribution in [0.3, 0.4) is 0 Å². The Morgan fingerprint density at radius 2 is 2.24 bits per heavy atom. The lowest BCUT2D eigenvalue weighted by molar-refractivity contribution is -0.467. The van der Waals surface area contributed by atoms with Crippen molar-refractivity contribution >= 4 is 11.6 Å². The van der Waals surface area contributed by atoms with E-state index in [1.807, 2.05) is 0 Å². The molecule has 7 heteroatoms. The Bertz CT molecular complexity index is 419. The van der Waals surface area contributed by atoms with Crippen LogP contribution in [0.4, 0.5) is 5.69 Å². The number of hydrogen-bond donors (Lipinski definition) is 2. The highest BCUT2D eigenvalue weighted by Gasteiger charge is 2.13. The number of amides is 1. The molecule has 0 fully saturated rings. The fourth-order valence-corrected chi connectivity index (χ4v) is 1.16. The van der Waals surface area contributed by atoms with Crippen molar-refractivity contribution in [2.24, 2.45) is 0 Å². The van der Waals surface area contributed by atoms with Gasteiger partial charge in [-0.2, -0.15) is 0 Å². The number of para-hydroxylation sites is 2. The van der Waals surface area contributed by atoms with Gasteiger partial charge < -0.3 is 15.2 Å². The topological polar surface area (TPSA) is 102 Å². The number of anilines is 1. The Hall–Kier alpha value is -2.15. The summed E-state index contributed by atoms with van der Waals surface area (Å²) in [6.07, 6.45) is -1.04. The van der Waals surface area contributed by atoms with Crippen LogP contribution in [0.25, 0.3) is 0 Å². The molecule has 0 saturated heterocycles. The second kappa shape index (κ2) is 5.80. The van der Waals surface area contributed by atoms with E-state index in [0.717, 1.165) is 0 Å². The first-order valence-corrected chi connectivity index (χ1v) is 4.84. The van der Waals surface area contributed by atoms with E-state index >= 15 is 0 Å². The molecule has 0 saturated carbocycles. The molecule has 1 unspecified atom stereocenters. The molecule has 0 heterocycles. The largest absolute Gasteiger partial charge is 0.463 e. The Kier molecular flexibility index (Phi) is 4.41. The molecule has 0 aliphatic heterocycles. The van der Waals surface area contributed by atoms with Gasteiger partial charge in [0.15, 0.2) is 6.29 Å². The molecule has 1 rings (SSSR count). The number of aliphatic hydroxyl groups is 1. The quantitative estimate of drug-likeness (QED) is 0.446. The van der Waals surface area contributed by atoms with Gasteiger partial charge in [0.05, 0.1) is 5.69 Å². The normalized spacial score (nSPS) is 11.6. The summed E-state index contributed by atoms with van der Waals surface area (Å²) in [5.74, 6) is -0.504. The molecule has 0 radical (unpaired) electrons. The molecule has 2 N–H and O–H groups in total. The molecule has 0 bridgehead atoms. The van der Waals surface area contributed by atoms with E-state index in [1.54, 1.807) is 12.1 Å². The summed E-state index contributed by atoms with van der Waals surface area (Å²) in [5, 5.41) is 21.5. The Balaban J connectivity index is 2.76. The van der Waals surface area contributed by atoms with Crippen LogP contribution in [-0.4, -0.2) is 28.8 Å². The number of hydrogen-bond acceptors (Lipinski definition) is 5. The van der Waals surface area contributed by atoms with Crippen molar-refractivity contribution in [3.05, 3.63) is 34.4 Å². The lowest BCUT2D eigenvalue weighted by atomic mass is 10.3. The maximum absolute atomic E-state index is 11.2. The first-order valence-electron chi connectivity index (χ1n) is 4.84. The van der Waals surface area contributed by atoms with Gasteiger partial charge in [0.2, 0.25) is 0 Å². The molecule has 0 spiro atoms. The van der Waals surface area contributed by atoms with Crippen molar-refractivity contribution in [3.8, 4) is 5.75 Å². The van der Waals surface area contributed by atoms with E-state index in [9.17, 15) is 14.9 Å². The number of nitrogens with one attached hydrogen (secondary N) is 1. The Labute approximate surface area is 97.2 Å². The van der Waals surface area contributed by atoms with Gasteiger partial charge >= 0.3 is 0 Å². The Morgan fingerprint density at radius 1 is 1.59 bits per heavy atom. The van der Waals surface area contributed by atoms with Crippen molar-refractivity contribution in [2.45, 2.75) is 13.2 Å². The lowest BCUT2D eigenvalue weighted by Crippen LogP contribution is -2.22. The van der Waals surface area contributed by atoms with E-state index in [2.05, 4.69) is 5.32 Å². The second-order valence-electron chi connectivity index (χ2n) is 3.25. The van der Waals surface area contributed by atoms with Crippen molar-refractivity contribution in [2.75, 3.05) is 11.9 Å². The van der Waals surface area contributed by atoms with E-state index < -0.39 is 23.7 Å². The fourth-order valence-electron chi connectivity index (χ4n) is 1.16. The van der Waals surface area contributed by atoms with Gasteiger partial charge in [0.25, 0.3) is 12.5 Å². The average molecular weight is 240 g/mol. The summed E-state index contributed by atoms with van der Waals surface area (Å²) in [7, 11) is 0. The van der Waals surface area contributed by atoms with Crippen LogP contribution in [0.2, 0.25) is 0 Å². The van der Waals surface area contributed by atoms with Gasteiger partial charge in [-0.3, -0.25) is 14.9 Å². The summed E-state index contributed by atoms with van der Waals surface area (Å²) in [4.78, 5) is 20.6. The third kappa shape index (κ3) is 4.47. The van der Waals surface area contributed by atoms with Gasteiger partial charge in [-0.15, -0.1) is 0 Å². The van der Waals surface area contributed by atoms with Gasteiger partial charge in [-0.05, 0) is 19.1 Å². The smallest absolute Gasteiger partial charge is 0.296 e. The highest BCUT2D eigenvalue weighted by Crippen LogP contribution is 2.24. The highest BCUT2D eigenvalue weighted by molar-refractivity contribution is 5.92. The van der Waals surface area contributed by atoms with Crippen LogP contribution in [0.5, 0.6) is 5.75 Å². The fraction of sp³-hybridized carbons (Fsp3) is 0.300. The number of nitro groups is 1. The second-order valence-corrected chi connectivity index (χ2v) is 3.25. The first-order chi connectivity index (χ1) is 7.99. The molecule has 1 amide bonds. The summed E-state index contributed by atoms with van der Waals surface area (Å²) in [6, 6.07) is 6.35. The molecule has 0 aromatic heterocycles. The van der Waals surface area contributed by atoms with Crippen molar-refractivity contribution < 1.29 is 19.6 Å². The average Bonchev–Trinajstić information content (AvgIpc) is 2.18. The maximum atomic E-state index is 11.2. The minimum Gasteiger partial charge on any atom is -0.463 e. The molecule has 1 aromatic rings. The lowest BCUT2D eigenvalue weighted by Gasteiger charge is -2.13. The van der Waals surface area contributed by atoms with Crippen LogP contribution >= 0.6 is 0 Å². The van der Waals surface area contributed by atoms with Crippen LogP contribution in [0.15, 0.2) is 24.3 Å². The van der Waals surface area contributed by atoms with Crippen molar-refractivity contribution in [1.29, 1.82) is 0 Å². The summed E-state index contributed by atoms with van der Waals surface area (Å²) in [6.45, 7) is 0.596. The summed E-state index contributed by atoms with van der Waals surface area (Å²) >= 11 is 0.